The zero-order valence-corrected chi connectivity index (χ0v) is 10.1. The van der Waals surface area contributed by atoms with E-state index in [9.17, 15) is 13.2 Å². The van der Waals surface area contributed by atoms with Crippen molar-refractivity contribution in [3.05, 3.63) is 42.0 Å². The second-order valence-electron chi connectivity index (χ2n) is 3.89. The lowest BCUT2D eigenvalue weighted by atomic mass is 10.3. The zero-order valence-electron chi connectivity index (χ0n) is 10.1. The van der Waals surface area contributed by atoms with Crippen molar-refractivity contribution in [2.24, 2.45) is 0 Å². The molecule has 1 aromatic carbocycles. The second-order valence-corrected chi connectivity index (χ2v) is 3.89. The molecule has 0 unspecified atom stereocenters. The number of H-pyrrole nitrogens is 1. The summed E-state index contributed by atoms with van der Waals surface area (Å²) < 4.78 is 40.6. The molecule has 0 radical (unpaired) electrons. The number of halogens is 3. The van der Waals surface area contributed by atoms with Gasteiger partial charge in [0.15, 0.2) is 5.75 Å². The van der Waals surface area contributed by atoms with Gasteiger partial charge in [0, 0.05) is 0 Å². The van der Waals surface area contributed by atoms with Gasteiger partial charge in [-0.1, -0.05) is 12.1 Å². The fraction of sp³-hybridized carbons (Fsp3) is 0.250. The fourth-order valence-corrected chi connectivity index (χ4v) is 1.58. The molecule has 4 nitrogen and oxygen atoms in total. The number of anilines is 1. The average Bonchev–Trinajstić information content (AvgIpc) is 2.72. The monoisotopic (exact) mass is 271 g/mol. The number of ether oxygens (including phenoxy) is 1. The van der Waals surface area contributed by atoms with Crippen LogP contribution in [0, 0.1) is 6.92 Å². The van der Waals surface area contributed by atoms with Crippen molar-refractivity contribution < 1.29 is 17.9 Å². The summed E-state index contributed by atoms with van der Waals surface area (Å²) in [5, 5.41) is 2.87. The maximum absolute atomic E-state index is 12.2. The predicted octanol–water partition coefficient (Wildman–Crippen LogP) is 3.23. The number of nitrogens with zero attached hydrogens (tertiary/aromatic N) is 1. The molecular formula is C12H12F3N3O. The summed E-state index contributed by atoms with van der Waals surface area (Å²) in [7, 11) is 0. The smallest absolute Gasteiger partial charge is 0.404 e. The van der Waals surface area contributed by atoms with E-state index >= 15 is 0 Å². The first-order valence-electron chi connectivity index (χ1n) is 5.53. The molecule has 102 valence electrons. The van der Waals surface area contributed by atoms with Gasteiger partial charge >= 0.3 is 6.36 Å². The van der Waals surface area contributed by atoms with Crippen LogP contribution in [0.5, 0.6) is 5.75 Å². The van der Waals surface area contributed by atoms with Gasteiger partial charge in [-0.3, -0.25) is 0 Å². The predicted molar refractivity (Wildman–Crippen MR) is 63.8 cm³/mol. The number of aromatic amines is 1. The Bertz CT molecular complexity index is 551. The minimum atomic E-state index is -4.71. The van der Waals surface area contributed by atoms with Gasteiger partial charge in [0.25, 0.3) is 0 Å². The zero-order chi connectivity index (χ0) is 13.9. The molecule has 0 aliphatic carbocycles. The Morgan fingerprint density at radius 2 is 2.05 bits per heavy atom. The third-order valence-electron chi connectivity index (χ3n) is 2.34. The maximum atomic E-state index is 12.2. The van der Waals surface area contributed by atoms with Gasteiger partial charge in [-0.2, -0.15) is 0 Å². The number of alkyl halides is 3. The number of nitrogens with one attached hydrogen (secondary N) is 2. The van der Waals surface area contributed by atoms with Crippen LogP contribution in [-0.4, -0.2) is 16.3 Å². The molecule has 2 rings (SSSR count). The molecule has 7 heteroatoms. The van der Waals surface area contributed by atoms with Crippen LogP contribution in [0.4, 0.5) is 18.9 Å². The molecule has 0 saturated carbocycles. The minimum Gasteiger partial charge on any atom is -0.404 e. The van der Waals surface area contributed by atoms with Gasteiger partial charge < -0.3 is 15.0 Å². The molecule has 0 aliphatic heterocycles. The van der Waals surface area contributed by atoms with Crippen molar-refractivity contribution in [2.45, 2.75) is 19.8 Å². The van der Waals surface area contributed by atoms with Crippen LogP contribution in [0.25, 0.3) is 0 Å². The van der Waals surface area contributed by atoms with Crippen molar-refractivity contribution in [3.63, 3.8) is 0 Å². The van der Waals surface area contributed by atoms with Gasteiger partial charge in [0.2, 0.25) is 0 Å². The molecule has 2 N–H and O–H groups in total. The van der Waals surface area contributed by atoms with Crippen molar-refractivity contribution in [3.8, 4) is 5.75 Å². The van der Waals surface area contributed by atoms with Crippen molar-refractivity contribution in [1.82, 2.24) is 9.97 Å². The Hall–Kier alpha value is -2.18. The van der Waals surface area contributed by atoms with Gasteiger partial charge in [-0.15, -0.1) is 13.2 Å². The number of imidazole rings is 1. The lowest BCUT2D eigenvalue weighted by Crippen LogP contribution is -2.18. The number of hydrogen-bond acceptors (Lipinski definition) is 3. The highest BCUT2D eigenvalue weighted by atomic mass is 19.4. The summed E-state index contributed by atoms with van der Waals surface area (Å²) in [6.07, 6.45) is -3.09. The molecule has 0 saturated heterocycles. The van der Waals surface area contributed by atoms with E-state index in [1.807, 2.05) is 0 Å². The maximum Gasteiger partial charge on any atom is 0.573 e. The van der Waals surface area contributed by atoms with Crippen LogP contribution >= 0.6 is 0 Å². The highest BCUT2D eigenvalue weighted by Crippen LogP contribution is 2.30. The van der Waals surface area contributed by atoms with Crippen LogP contribution in [0.1, 0.15) is 11.5 Å². The summed E-state index contributed by atoms with van der Waals surface area (Å²) >= 11 is 0. The third kappa shape index (κ3) is 3.90. The lowest BCUT2D eigenvalue weighted by molar-refractivity contribution is -0.274. The van der Waals surface area contributed by atoms with Crippen LogP contribution < -0.4 is 10.1 Å². The number of benzene rings is 1. The van der Waals surface area contributed by atoms with Crippen molar-refractivity contribution in [2.75, 3.05) is 5.32 Å². The Morgan fingerprint density at radius 1 is 1.32 bits per heavy atom. The highest BCUT2D eigenvalue weighted by molar-refractivity contribution is 5.56. The fourth-order valence-electron chi connectivity index (χ4n) is 1.58. The van der Waals surface area contributed by atoms with E-state index in [0.717, 1.165) is 11.5 Å². The number of aromatic nitrogens is 2. The van der Waals surface area contributed by atoms with Gasteiger partial charge in [-0.05, 0) is 19.1 Å². The van der Waals surface area contributed by atoms with Gasteiger partial charge in [-0.25, -0.2) is 4.98 Å². The molecule has 2 aromatic rings. The molecule has 0 amide bonds. The Morgan fingerprint density at radius 3 is 2.68 bits per heavy atom. The third-order valence-corrected chi connectivity index (χ3v) is 2.34. The van der Waals surface area contributed by atoms with Gasteiger partial charge in [0.05, 0.1) is 24.1 Å². The van der Waals surface area contributed by atoms with E-state index in [4.69, 9.17) is 0 Å². The number of rotatable bonds is 4. The van der Waals surface area contributed by atoms with Crippen molar-refractivity contribution >= 4 is 5.69 Å². The normalized spacial score (nSPS) is 11.4. The number of hydrogen-bond donors (Lipinski definition) is 2. The molecular weight excluding hydrogens is 259 g/mol. The summed E-state index contributed by atoms with van der Waals surface area (Å²) in [6.45, 7) is 2.13. The van der Waals surface area contributed by atoms with E-state index in [1.54, 1.807) is 19.2 Å². The van der Waals surface area contributed by atoms with Crippen LogP contribution in [0.3, 0.4) is 0 Å². The molecule has 0 aliphatic rings. The molecule has 1 heterocycles. The average molecular weight is 271 g/mol. The Kier molecular flexibility index (Phi) is 3.64. The number of para-hydroxylation sites is 2. The summed E-state index contributed by atoms with van der Waals surface area (Å²) in [5.41, 5.74) is 1.05. The van der Waals surface area contributed by atoms with E-state index in [-0.39, 0.29) is 11.4 Å². The largest absolute Gasteiger partial charge is 0.573 e. The molecule has 19 heavy (non-hydrogen) atoms. The molecule has 0 bridgehead atoms. The standard InChI is InChI=1S/C12H12F3N3O/c1-8-16-6-9(18-8)7-17-10-4-2-3-5-11(10)19-12(13,14)15/h2-6,17H,7H2,1H3,(H,16,18). The van der Waals surface area contributed by atoms with Gasteiger partial charge in [0.1, 0.15) is 5.82 Å². The first-order valence-corrected chi connectivity index (χ1v) is 5.53. The molecule has 1 aromatic heterocycles. The summed E-state index contributed by atoms with van der Waals surface area (Å²) in [5.74, 6) is 0.489. The Balaban J connectivity index is 2.07. The van der Waals surface area contributed by atoms with Crippen LogP contribution in [0.2, 0.25) is 0 Å². The topological polar surface area (TPSA) is 49.9 Å². The lowest BCUT2D eigenvalue weighted by Gasteiger charge is -2.13. The first kappa shape index (κ1) is 13.3. The van der Waals surface area contributed by atoms with Crippen LogP contribution in [-0.2, 0) is 6.54 Å². The first-order chi connectivity index (χ1) is 8.94. The van der Waals surface area contributed by atoms with Crippen molar-refractivity contribution in [1.29, 1.82) is 0 Å². The van der Waals surface area contributed by atoms with E-state index < -0.39 is 6.36 Å². The summed E-state index contributed by atoms with van der Waals surface area (Å²) in [4.78, 5) is 6.98. The van der Waals surface area contributed by atoms with E-state index in [2.05, 4.69) is 20.0 Å². The number of aryl methyl sites for hydroxylation is 1. The van der Waals surface area contributed by atoms with E-state index in [1.165, 1.54) is 18.2 Å². The quantitative estimate of drug-likeness (QED) is 0.897. The molecule has 0 atom stereocenters. The Labute approximate surface area is 107 Å². The minimum absolute atomic E-state index is 0.258. The summed E-state index contributed by atoms with van der Waals surface area (Å²) in [6, 6.07) is 5.88. The highest BCUT2D eigenvalue weighted by Gasteiger charge is 2.32. The molecule has 0 fully saturated rings. The SMILES string of the molecule is Cc1ncc(CNc2ccccc2OC(F)(F)F)[nH]1. The van der Waals surface area contributed by atoms with E-state index in [0.29, 0.717) is 6.54 Å². The second kappa shape index (κ2) is 5.21. The molecule has 0 spiro atoms. The van der Waals surface area contributed by atoms with Crippen LogP contribution in [0.15, 0.2) is 30.5 Å².